The number of nitrogens with one attached hydrogen (secondary N) is 2. The molecule has 2 N–H and O–H groups in total. The number of nitrogens with zero attached hydrogens (tertiary/aromatic N) is 1. The second-order valence-electron chi connectivity index (χ2n) is 5.40. The molecule has 6 heteroatoms. The number of aromatic nitrogens is 2. The van der Waals surface area contributed by atoms with Crippen molar-refractivity contribution in [1.29, 1.82) is 0 Å². The Hall–Kier alpha value is -3.02. The van der Waals surface area contributed by atoms with Crippen molar-refractivity contribution in [3.63, 3.8) is 0 Å². The number of carbonyl (C=O) groups excluding carboxylic acids is 1. The molecule has 1 amide bonds. The van der Waals surface area contributed by atoms with E-state index in [1.54, 1.807) is 13.0 Å². The molecule has 1 heterocycles. The minimum Gasteiger partial charge on any atom is -0.344 e. The van der Waals surface area contributed by atoms with Gasteiger partial charge in [-0.25, -0.2) is 8.78 Å². The molecule has 4 nitrogen and oxygen atoms in total. The van der Waals surface area contributed by atoms with E-state index >= 15 is 0 Å². The summed E-state index contributed by atoms with van der Waals surface area (Å²) >= 11 is 0. The lowest BCUT2D eigenvalue weighted by atomic mass is 10.1. The van der Waals surface area contributed by atoms with Crippen LogP contribution in [0.25, 0.3) is 11.3 Å². The van der Waals surface area contributed by atoms with Gasteiger partial charge in [-0.3, -0.25) is 9.89 Å². The summed E-state index contributed by atoms with van der Waals surface area (Å²) in [6.07, 6.45) is 0. The van der Waals surface area contributed by atoms with Crippen LogP contribution in [0.3, 0.4) is 0 Å². The maximum absolute atomic E-state index is 13.3. The van der Waals surface area contributed by atoms with Gasteiger partial charge in [0.05, 0.1) is 11.7 Å². The molecule has 122 valence electrons. The molecule has 0 aliphatic heterocycles. The third kappa shape index (κ3) is 3.32. The second-order valence-corrected chi connectivity index (χ2v) is 5.40. The van der Waals surface area contributed by atoms with Crippen molar-refractivity contribution in [3.05, 3.63) is 77.5 Å². The highest BCUT2D eigenvalue weighted by Gasteiger charge is 2.15. The standard InChI is InChI=1S/C18H15F2N3O/c1-11(13-7-8-14(19)15(20)9-13)21-18(24)17-10-16(22-23-17)12-5-3-2-4-6-12/h2-11H,1H3,(H,21,24)(H,22,23)/t11-/m0/s1. The molecule has 0 saturated carbocycles. The van der Waals surface area contributed by atoms with Gasteiger partial charge < -0.3 is 5.32 Å². The van der Waals surface area contributed by atoms with Gasteiger partial charge >= 0.3 is 0 Å². The Balaban J connectivity index is 1.73. The quantitative estimate of drug-likeness (QED) is 0.765. The van der Waals surface area contributed by atoms with Gasteiger partial charge in [0.2, 0.25) is 0 Å². The lowest BCUT2D eigenvalue weighted by Crippen LogP contribution is -2.27. The Labute approximate surface area is 137 Å². The van der Waals surface area contributed by atoms with Gasteiger partial charge in [-0.15, -0.1) is 0 Å². The summed E-state index contributed by atoms with van der Waals surface area (Å²) < 4.78 is 26.3. The largest absolute Gasteiger partial charge is 0.344 e. The normalized spacial score (nSPS) is 12.0. The monoisotopic (exact) mass is 327 g/mol. The number of carbonyl (C=O) groups is 1. The van der Waals surface area contributed by atoms with Gasteiger partial charge in [-0.05, 0) is 30.7 Å². The molecule has 3 rings (SSSR count). The molecular weight excluding hydrogens is 312 g/mol. The van der Waals surface area contributed by atoms with Crippen molar-refractivity contribution in [2.24, 2.45) is 0 Å². The molecule has 0 radical (unpaired) electrons. The molecular formula is C18H15F2N3O. The van der Waals surface area contributed by atoms with Crippen molar-refractivity contribution in [3.8, 4) is 11.3 Å². The maximum Gasteiger partial charge on any atom is 0.269 e. The van der Waals surface area contributed by atoms with Crippen molar-refractivity contribution in [1.82, 2.24) is 15.5 Å². The summed E-state index contributed by atoms with van der Waals surface area (Å²) in [7, 11) is 0. The summed E-state index contributed by atoms with van der Waals surface area (Å²) in [5.74, 6) is -2.23. The molecule has 0 spiro atoms. The smallest absolute Gasteiger partial charge is 0.269 e. The van der Waals surface area contributed by atoms with E-state index in [-0.39, 0.29) is 5.91 Å². The van der Waals surface area contributed by atoms with Crippen LogP contribution >= 0.6 is 0 Å². The van der Waals surface area contributed by atoms with Gasteiger partial charge in [-0.1, -0.05) is 36.4 Å². The molecule has 0 bridgehead atoms. The number of benzene rings is 2. The highest BCUT2D eigenvalue weighted by Crippen LogP contribution is 2.19. The summed E-state index contributed by atoms with van der Waals surface area (Å²) in [6.45, 7) is 1.69. The molecule has 1 aromatic heterocycles. The van der Waals surface area contributed by atoms with Gasteiger partial charge in [-0.2, -0.15) is 5.10 Å². The molecule has 1 atom stereocenters. The third-order valence-corrected chi connectivity index (χ3v) is 3.68. The van der Waals surface area contributed by atoms with Gasteiger partial charge in [0.1, 0.15) is 5.69 Å². The van der Waals surface area contributed by atoms with Crippen molar-refractivity contribution in [2.75, 3.05) is 0 Å². The number of rotatable bonds is 4. The second kappa shape index (κ2) is 6.62. The Morgan fingerprint density at radius 1 is 1.08 bits per heavy atom. The predicted octanol–water partition coefficient (Wildman–Crippen LogP) is 3.85. The summed E-state index contributed by atoms with van der Waals surface area (Å²) in [6, 6.07) is 14.2. The fraction of sp³-hybridized carbons (Fsp3) is 0.111. The lowest BCUT2D eigenvalue weighted by Gasteiger charge is -2.13. The number of aromatic amines is 1. The zero-order valence-electron chi connectivity index (χ0n) is 12.9. The SMILES string of the molecule is C[C@H](NC(=O)c1cc(-c2ccccc2)n[nH]1)c1ccc(F)c(F)c1. The highest BCUT2D eigenvalue weighted by molar-refractivity contribution is 5.93. The maximum atomic E-state index is 13.3. The van der Waals surface area contributed by atoms with Crippen LogP contribution in [0.1, 0.15) is 29.0 Å². The molecule has 3 aromatic rings. The van der Waals surface area contributed by atoms with Crippen molar-refractivity contribution < 1.29 is 13.6 Å². The summed E-state index contributed by atoms with van der Waals surface area (Å²) in [5.41, 5.74) is 2.32. The predicted molar refractivity (Wildman–Crippen MR) is 86.3 cm³/mol. The third-order valence-electron chi connectivity index (χ3n) is 3.68. The molecule has 0 aliphatic rings. The van der Waals surface area contributed by atoms with Gasteiger partial charge in [0, 0.05) is 5.56 Å². The van der Waals surface area contributed by atoms with Crippen LogP contribution in [-0.4, -0.2) is 16.1 Å². The molecule has 24 heavy (non-hydrogen) atoms. The van der Waals surface area contributed by atoms with E-state index in [1.165, 1.54) is 6.07 Å². The molecule has 0 unspecified atom stereocenters. The van der Waals surface area contributed by atoms with E-state index in [9.17, 15) is 13.6 Å². The fourth-order valence-corrected chi connectivity index (χ4v) is 2.33. The molecule has 0 aliphatic carbocycles. The minimum absolute atomic E-state index is 0.295. The van der Waals surface area contributed by atoms with Crippen LogP contribution < -0.4 is 5.32 Å². The zero-order chi connectivity index (χ0) is 17.1. The van der Waals surface area contributed by atoms with E-state index in [0.717, 1.165) is 17.7 Å². The molecule has 2 aromatic carbocycles. The van der Waals surface area contributed by atoms with Crippen molar-refractivity contribution in [2.45, 2.75) is 13.0 Å². The first kappa shape index (κ1) is 15.9. The topological polar surface area (TPSA) is 57.8 Å². The Morgan fingerprint density at radius 3 is 2.54 bits per heavy atom. The minimum atomic E-state index is -0.943. The van der Waals surface area contributed by atoms with Crippen molar-refractivity contribution >= 4 is 5.91 Å². The number of halogens is 2. The van der Waals surface area contributed by atoms with Crippen LogP contribution in [-0.2, 0) is 0 Å². The lowest BCUT2D eigenvalue weighted by molar-refractivity contribution is 0.0934. The van der Waals surface area contributed by atoms with Crippen LogP contribution in [0.15, 0.2) is 54.6 Å². The first-order valence-electron chi connectivity index (χ1n) is 7.41. The van der Waals surface area contributed by atoms with Gasteiger partial charge in [0.15, 0.2) is 11.6 Å². The molecule has 0 fully saturated rings. The van der Waals surface area contributed by atoms with Crippen LogP contribution in [0.5, 0.6) is 0 Å². The average Bonchev–Trinajstić information content (AvgIpc) is 3.08. The zero-order valence-corrected chi connectivity index (χ0v) is 12.9. The van der Waals surface area contributed by atoms with Crippen LogP contribution in [0.2, 0.25) is 0 Å². The number of hydrogen-bond acceptors (Lipinski definition) is 2. The number of hydrogen-bond donors (Lipinski definition) is 2. The van der Waals surface area contributed by atoms with E-state index in [0.29, 0.717) is 17.0 Å². The van der Waals surface area contributed by atoms with Crippen LogP contribution in [0, 0.1) is 11.6 Å². The summed E-state index contributed by atoms with van der Waals surface area (Å²) in [5, 5.41) is 9.53. The molecule has 0 saturated heterocycles. The first-order chi connectivity index (χ1) is 11.5. The Kier molecular flexibility index (Phi) is 4.37. The Morgan fingerprint density at radius 2 is 1.83 bits per heavy atom. The van der Waals surface area contributed by atoms with Gasteiger partial charge in [0.25, 0.3) is 5.91 Å². The van der Waals surface area contributed by atoms with E-state index in [4.69, 9.17) is 0 Å². The van der Waals surface area contributed by atoms with E-state index in [2.05, 4.69) is 15.5 Å². The summed E-state index contributed by atoms with van der Waals surface area (Å²) in [4.78, 5) is 12.3. The van der Waals surface area contributed by atoms with E-state index in [1.807, 2.05) is 30.3 Å². The average molecular weight is 327 g/mol. The first-order valence-corrected chi connectivity index (χ1v) is 7.41. The fourth-order valence-electron chi connectivity index (χ4n) is 2.33. The highest BCUT2D eigenvalue weighted by atomic mass is 19.2. The Bertz CT molecular complexity index is 862. The number of H-pyrrole nitrogens is 1. The van der Waals surface area contributed by atoms with Crippen LogP contribution in [0.4, 0.5) is 8.78 Å². The van der Waals surface area contributed by atoms with E-state index < -0.39 is 17.7 Å². The number of amides is 1.